The van der Waals surface area contributed by atoms with Crippen LogP contribution in [0.1, 0.15) is 0 Å². The highest BCUT2D eigenvalue weighted by Gasteiger charge is 2.18. The van der Waals surface area contributed by atoms with Crippen LogP contribution in [0.5, 0.6) is 0 Å². The number of hydrogen-bond donors (Lipinski definition) is 3. The Morgan fingerprint density at radius 2 is 2.33 bits per heavy atom. The van der Waals surface area contributed by atoms with E-state index in [1.165, 1.54) is 12.4 Å². The van der Waals surface area contributed by atoms with Crippen molar-refractivity contribution in [3.05, 3.63) is 24.0 Å². The van der Waals surface area contributed by atoms with Gasteiger partial charge in [-0.1, -0.05) is 0 Å². The Morgan fingerprint density at radius 3 is 2.89 bits per heavy atom. The molecule has 1 aliphatic rings. The molecule has 11 heteroatoms. The van der Waals surface area contributed by atoms with E-state index in [9.17, 15) is 14.3 Å². The van der Waals surface area contributed by atoms with Crippen LogP contribution in [-0.2, 0) is 9.53 Å². The maximum Gasteiger partial charge on any atom is 0.293 e. The summed E-state index contributed by atoms with van der Waals surface area (Å²) in [7, 11) is 1.72. The van der Waals surface area contributed by atoms with Gasteiger partial charge >= 0.3 is 0 Å². The molecule has 1 aliphatic heterocycles. The molecule has 0 fully saturated rings. The number of aliphatic hydroxyl groups excluding tert-OH is 1. The fourth-order valence-corrected chi connectivity index (χ4v) is 2.60. The number of carbonyl (C=O) groups excluding carboxylic acids is 1. The van der Waals surface area contributed by atoms with Crippen molar-refractivity contribution in [2.24, 2.45) is 21.8 Å². The summed E-state index contributed by atoms with van der Waals surface area (Å²) >= 11 is 0. The highest BCUT2D eigenvalue weighted by Crippen LogP contribution is 2.25. The van der Waals surface area contributed by atoms with Crippen molar-refractivity contribution in [1.82, 2.24) is 5.01 Å². The minimum Gasteiger partial charge on any atom is -0.460 e. The monoisotopic (exact) mass is 381 g/mol. The van der Waals surface area contributed by atoms with Crippen LogP contribution in [0.25, 0.3) is 0 Å². The summed E-state index contributed by atoms with van der Waals surface area (Å²) in [5, 5.41) is 18.5. The van der Waals surface area contributed by atoms with Gasteiger partial charge in [0.25, 0.3) is 6.47 Å². The molecule has 1 heterocycles. The van der Waals surface area contributed by atoms with E-state index in [1.807, 2.05) is 0 Å². The highest BCUT2D eigenvalue weighted by atomic mass is 19.1. The van der Waals surface area contributed by atoms with E-state index in [2.05, 4.69) is 10.2 Å². The second-order valence-electron chi connectivity index (χ2n) is 5.99. The van der Waals surface area contributed by atoms with E-state index in [-0.39, 0.29) is 25.5 Å². The fraction of sp³-hybridized carbons (Fsp3) is 0.438. The van der Waals surface area contributed by atoms with Gasteiger partial charge in [-0.3, -0.25) is 9.80 Å². The maximum atomic E-state index is 14.6. The molecule has 1 atom stereocenters. The second-order valence-corrected chi connectivity index (χ2v) is 5.99. The molecule has 5 N–H and O–H groups in total. The Bertz CT molecular complexity index is 701. The molecule has 0 aliphatic carbocycles. The maximum absolute atomic E-state index is 14.6. The standard InChI is InChI=1S/C16H24FN7O3/c1-22(7-13(9-25)27-11-26)12-2-3-15(14(17)6-12)23-4-5-24(20-10-23)8-16(18)21-19/h2-3,6,10-11,13,25H,4-5,7-9,19H2,1H3,(H2,18,21). The van der Waals surface area contributed by atoms with Crippen molar-refractivity contribution in [3.63, 3.8) is 0 Å². The Balaban J connectivity index is 2.04. The van der Waals surface area contributed by atoms with E-state index in [1.54, 1.807) is 34.0 Å². The summed E-state index contributed by atoms with van der Waals surface area (Å²) in [5.41, 5.74) is 6.55. The van der Waals surface area contributed by atoms with Gasteiger partial charge in [0.05, 0.1) is 31.9 Å². The molecule has 2 rings (SSSR count). The average Bonchev–Trinajstić information content (AvgIpc) is 2.68. The first kappa shape index (κ1) is 20.2. The molecule has 0 spiro atoms. The summed E-state index contributed by atoms with van der Waals surface area (Å²) in [6, 6.07) is 4.77. The molecule has 1 unspecified atom stereocenters. The van der Waals surface area contributed by atoms with Crippen LogP contribution in [-0.4, -0.2) is 74.7 Å². The Kier molecular flexibility index (Phi) is 7.17. The van der Waals surface area contributed by atoms with Gasteiger partial charge < -0.3 is 31.2 Å². The van der Waals surface area contributed by atoms with E-state index >= 15 is 0 Å². The third-order valence-electron chi connectivity index (χ3n) is 4.07. The van der Waals surface area contributed by atoms with Gasteiger partial charge in [-0.25, -0.2) is 4.39 Å². The summed E-state index contributed by atoms with van der Waals surface area (Å²) < 4.78 is 19.3. The Morgan fingerprint density at radius 1 is 1.56 bits per heavy atom. The lowest BCUT2D eigenvalue weighted by molar-refractivity contribution is -0.134. The molecule has 0 radical (unpaired) electrons. The molecule has 148 valence electrons. The van der Waals surface area contributed by atoms with E-state index in [0.717, 1.165) is 0 Å². The van der Waals surface area contributed by atoms with Crippen LogP contribution in [0, 0.1) is 5.82 Å². The predicted octanol–water partition coefficient (Wildman–Crippen LogP) is -0.908. The third-order valence-corrected chi connectivity index (χ3v) is 4.07. The lowest BCUT2D eigenvalue weighted by Gasteiger charge is -2.30. The lowest BCUT2D eigenvalue weighted by Crippen LogP contribution is -2.42. The molecule has 1 aromatic rings. The summed E-state index contributed by atoms with van der Waals surface area (Å²) in [5.74, 6) is 4.95. The van der Waals surface area contributed by atoms with Crippen LogP contribution >= 0.6 is 0 Å². The normalized spacial score (nSPS) is 15.6. The number of rotatable bonds is 9. The van der Waals surface area contributed by atoms with Crippen LogP contribution in [0.3, 0.4) is 0 Å². The number of anilines is 2. The smallest absolute Gasteiger partial charge is 0.293 e. The van der Waals surface area contributed by atoms with Crippen molar-refractivity contribution in [1.29, 1.82) is 0 Å². The largest absolute Gasteiger partial charge is 0.460 e. The zero-order valence-corrected chi connectivity index (χ0v) is 15.0. The number of benzene rings is 1. The van der Waals surface area contributed by atoms with Crippen molar-refractivity contribution >= 4 is 30.0 Å². The number of hydrazone groups is 2. The van der Waals surface area contributed by atoms with Crippen LogP contribution in [0.2, 0.25) is 0 Å². The zero-order chi connectivity index (χ0) is 19.8. The molecule has 1 aromatic carbocycles. The minimum absolute atomic E-state index is 0.234. The number of ether oxygens (including phenoxy) is 1. The molecule has 10 nitrogen and oxygen atoms in total. The number of nitrogens with zero attached hydrogens (tertiary/aromatic N) is 5. The number of aliphatic hydroxyl groups is 1. The van der Waals surface area contributed by atoms with Gasteiger partial charge in [0, 0.05) is 19.3 Å². The SMILES string of the molecule is CN(CC(CO)OC=O)c1ccc(N2C=NN(C/C(N)=N/N)CC2)c(F)c1. The van der Waals surface area contributed by atoms with Crippen LogP contribution in [0.15, 0.2) is 28.4 Å². The fourth-order valence-electron chi connectivity index (χ4n) is 2.60. The average molecular weight is 381 g/mol. The van der Waals surface area contributed by atoms with Gasteiger partial charge in [-0.2, -0.15) is 10.2 Å². The zero-order valence-electron chi connectivity index (χ0n) is 15.0. The molecule has 0 bridgehead atoms. The molecule has 0 saturated heterocycles. The third kappa shape index (κ3) is 5.45. The van der Waals surface area contributed by atoms with Crippen molar-refractivity contribution in [2.45, 2.75) is 6.10 Å². The number of hydrogen-bond acceptors (Lipinski definition) is 9. The topological polar surface area (TPSA) is 133 Å². The molecule has 0 aromatic heterocycles. The number of amidine groups is 1. The van der Waals surface area contributed by atoms with Gasteiger partial charge in [-0.15, -0.1) is 0 Å². The number of halogens is 1. The van der Waals surface area contributed by atoms with Crippen LogP contribution in [0.4, 0.5) is 15.8 Å². The first-order valence-corrected chi connectivity index (χ1v) is 8.27. The minimum atomic E-state index is -0.681. The predicted molar refractivity (Wildman–Crippen MR) is 101 cm³/mol. The molecule has 0 amide bonds. The van der Waals surface area contributed by atoms with E-state index in [4.69, 9.17) is 16.3 Å². The highest BCUT2D eigenvalue weighted by molar-refractivity contribution is 5.83. The molecule has 0 saturated carbocycles. The molecular weight excluding hydrogens is 357 g/mol. The molecular formula is C16H24FN7O3. The molecule has 27 heavy (non-hydrogen) atoms. The Hall–Kier alpha value is -3.08. The second kappa shape index (κ2) is 9.57. The van der Waals surface area contributed by atoms with Crippen molar-refractivity contribution < 1.29 is 19.0 Å². The van der Waals surface area contributed by atoms with E-state index in [0.29, 0.717) is 31.0 Å². The van der Waals surface area contributed by atoms with Gasteiger partial charge in [-0.05, 0) is 18.2 Å². The van der Waals surface area contributed by atoms with Gasteiger partial charge in [0.15, 0.2) is 0 Å². The van der Waals surface area contributed by atoms with Gasteiger partial charge in [0.1, 0.15) is 24.1 Å². The van der Waals surface area contributed by atoms with Gasteiger partial charge in [0.2, 0.25) is 0 Å². The number of likely N-dealkylation sites (N-methyl/N-ethyl adjacent to an activating group) is 1. The Labute approximate surface area is 156 Å². The first-order valence-electron chi connectivity index (χ1n) is 8.27. The van der Waals surface area contributed by atoms with Crippen molar-refractivity contribution in [2.75, 3.05) is 49.6 Å². The number of carbonyl (C=O) groups is 1. The quantitative estimate of drug-likeness (QED) is 0.165. The van der Waals surface area contributed by atoms with E-state index < -0.39 is 11.9 Å². The summed E-state index contributed by atoms with van der Waals surface area (Å²) in [6.07, 6.45) is 0.842. The summed E-state index contributed by atoms with van der Waals surface area (Å²) in [6.45, 7) is 1.57. The summed E-state index contributed by atoms with van der Waals surface area (Å²) in [4.78, 5) is 13.8. The number of nitrogens with two attached hydrogens (primary N) is 2. The van der Waals surface area contributed by atoms with Crippen LogP contribution < -0.4 is 21.4 Å². The lowest BCUT2D eigenvalue weighted by atomic mass is 10.2. The van der Waals surface area contributed by atoms with Crippen molar-refractivity contribution in [3.8, 4) is 0 Å². The first-order chi connectivity index (χ1) is 13.0.